The Kier molecular flexibility index (Phi) is 14.1. The van der Waals surface area contributed by atoms with Gasteiger partial charge in [0, 0.05) is 38.8 Å². The number of nitrogens with zero attached hydrogens (tertiary/aromatic N) is 4. The van der Waals surface area contributed by atoms with Gasteiger partial charge in [-0.2, -0.15) is 0 Å². The van der Waals surface area contributed by atoms with E-state index in [4.69, 9.17) is 9.47 Å². The third-order valence-electron chi connectivity index (χ3n) is 10.3. The van der Waals surface area contributed by atoms with Crippen molar-refractivity contribution in [3.05, 3.63) is 107 Å². The predicted octanol–water partition coefficient (Wildman–Crippen LogP) is 1.81. The lowest BCUT2D eigenvalue weighted by molar-refractivity contribution is -0.143. The molecule has 58 heavy (non-hydrogen) atoms. The van der Waals surface area contributed by atoms with Crippen molar-refractivity contribution in [1.29, 1.82) is 0 Å². The van der Waals surface area contributed by atoms with Gasteiger partial charge in [-0.1, -0.05) is 59.8 Å². The van der Waals surface area contributed by atoms with Crippen LogP contribution in [0, 0.1) is 0 Å². The van der Waals surface area contributed by atoms with E-state index in [0.29, 0.717) is 55.2 Å². The minimum Gasteiger partial charge on any atom is -0.494 e. The summed E-state index contributed by atoms with van der Waals surface area (Å²) in [6.07, 6.45) is 3.52. The topological polar surface area (TPSA) is 206 Å². The zero-order valence-electron chi connectivity index (χ0n) is 32.6. The van der Waals surface area contributed by atoms with E-state index in [-0.39, 0.29) is 38.3 Å². The largest absolute Gasteiger partial charge is 0.494 e. The quantitative estimate of drug-likeness (QED) is 0.190. The van der Waals surface area contributed by atoms with E-state index in [1.165, 1.54) is 4.90 Å². The standard InChI is InChI=1S/C42H50N8O8/c1-27(43-2)38(51)45-35-23-29-13-17-33(18-14-29)58-26-31-25-49(48-47-31)19-7-21-57-32-15-11-30(12-16-32)24-36(42(55)56)46-39(52)34(22-28-8-4-3-5-9-28)44-40(53)37-10-6-20-50(37)41(35)54/h3-5,8-9,11-18,25,27,34-37,43H,6-7,10,19-24,26H2,1-2H3,(H,44,53)(H,45,51)(H,46,52)(H,55,56)/t27-,34-,35+,36-,37-/m0/s1. The second-order valence-corrected chi connectivity index (χ2v) is 14.6. The number of nitrogens with one attached hydrogen (secondary N) is 4. The molecule has 4 aromatic rings. The number of ether oxygens (including phenoxy) is 2. The van der Waals surface area contributed by atoms with Gasteiger partial charge < -0.3 is 40.7 Å². The van der Waals surface area contributed by atoms with E-state index in [1.54, 1.807) is 61.2 Å². The summed E-state index contributed by atoms with van der Waals surface area (Å²) >= 11 is 0. The van der Waals surface area contributed by atoms with Crippen molar-refractivity contribution >= 4 is 29.6 Å². The van der Waals surface area contributed by atoms with Crippen molar-refractivity contribution in [3.8, 4) is 11.5 Å². The summed E-state index contributed by atoms with van der Waals surface area (Å²) in [7, 11) is 1.64. The molecule has 5 N–H and O–H groups in total. The molecule has 16 heteroatoms. The Morgan fingerprint density at radius 3 is 2.26 bits per heavy atom. The van der Waals surface area contributed by atoms with Crippen LogP contribution in [-0.4, -0.2) is 105 Å². The smallest absolute Gasteiger partial charge is 0.326 e. The van der Waals surface area contributed by atoms with Gasteiger partial charge in [-0.25, -0.2) is 4.79 Å². The van der Waals surface area contributed by atoms with Gasteiger partial charge in [0.15, 0.2) is 0 Å². The summed E-state index contributed by atoms with van der Waals surface area (Å²) in [6, 6.07) is 18.3. The Hall–Kier alpha value is -6.29. The summed E-state index contributed by atoms with van der Waals surface area (Å²) in [5.41, 5.74) is 2.80. The van der Waals surface area contributed by atoms with Gasteiger partial charge >= 0.3 is 5.97 Å². The molecule has 0 saturated carbocycles. The number of likely N-dealkylation sites (N-methyl/N-ethyl adjacent to an activating group) is 1. The highest BCUT2D eigenvalue weighted by molar-refractivity contribution is 5.96. The zero-order valence-corrected chi connectivity index (χ0v) is 32.6. The number of aliphatic carboxylic acids is 1. The van der Waals surface area contributed by atoms with E-state index < -0.39 is 53.9 Å². The normalized spacial score (nSPS) is 21.6. The molecule has 3 aromatic carbocycles. The molecule has 1 saturated heterocycles. The average molecular weight is 795 g/mol. The fourth-order valence-electron chi connectivity index (χ4n) is 6.93. The SMILES string of the molecule is CN[C@@H](C)C(=O)N[C@@H]1Cc2ccc(cc2)OCc2cn(nn2)CCCOc2ccc(cc2)C[C@@H](C(=O)O)NC(=O)[C@H](Cc2ccccc2)NC(=O)[C@@H]2CCCN2C1=O. The molecule has 5 aliphatic heterocycles. The van der Waals surface area contributed by atoms with Crippen LogP contribution in [0.15, 0.2) is 85.1 Å². The van der Waals surface area contributed by atoms with Crippen molar-refractivity contribution in [2.24, 2.45) is 0 Å². The molecular weight excluding hydrogens is 745 g/mol. The van der Waals surface area contributed by atoms with Crippen LogP contribution in [-0.2, 0) is 56.4 Å². The van der Waals surface area contributed by atoms with Gasteiger partial charge in [0.1, 0.15) is 48.0 Å². The molecule has 0 unspecified atom stereocenters. The Morgan fingerprint density at radius 2 is 1.57 bits per heavy atom. The first-order valence-corrected chi connectivity index (χ1v) is 19.5. The number of carbonyl (C=O) groups excluding carboxylic acids is 4. The number of amides is 4. The molecule has 1 aromatic heterocycles. The maximum absolute atomic E-state index is 14.3. The van der Waals surface area contributed by atoms with Gasteiger partial charge in [-0.15, -0.1) is 5.10 Å². The monoisotopic (exact) mass is 794 g/mol. The molecule has 9 rings (SSSR count). The molecule has 16 nitrogen and oxygen atoms in total. The van der Waals surface area contributed by atoms with Crippen molar-refractivity contribution in [1.82, 2.24) is 41.2 Å². The van der Waals surface area contributed by atoms with Crippen LogP contribution in [0.3, 0.4) is 0 Å². The Balaban J connectivity index is 1.27. The second kappa shape index (κ2) is 19.7. The summed E-state index contributed by atoms with van der Waals surface area (Å²) in [5.74, 6) is -2.10. The van der Waals surface area contributed by atoms with Gasteiger partial charge in [-0.3, -0.25) is 23.9 Å². The number of hydrogen-bond acceptors (Lipinski definition) is 10. The van der Waals surface area contributed by atoms with E-state index in [2.05, 4.69) is 31.6 Å². The highest BCUT2D eigenvalue weighted by atomic mass is 16.5. The maximum Gasteiger partial charge on any atom is 0.326 e. The van der Waals surface area contributed by atoms with Crippen molar-refractivity contribution < 1.29 is 38.6 Å². The average Bonchev–Trinajstić information content (AvgIpc) is 3.92. The molecule has 4 amide bonds. The Morgan fingerprint density at radius 1 is 0.879 bits per heavy atom. The Labute approximate surface area is 336 Å². The first-order chi connectivity index (χ1) is 28.1. The molecule has 6 bridgehead atoms. The predicted molar refractivity (Wildman–Crippen MR) is 212 cm³/mol. The third kappa shape index (κ3) is 11.2. The van der Waals surface area contributed by atoms with Crippen LogP contribution in [0.5, 0.6) is 11.5 Å². The number of carbonyl (C=O) groups is 5. The maximum atomic E-state index is 14.3. The number of carboxylic acid groups (broad SMARTS) is 1. The lowest BCUT2D eigenvalue weighted by atomic mass is 10.0. The Bertz CT molecular complexity index is 2020. The lowest BCUT2D eigenvalue weighted by Crippen LogP contribution is -2.58. The van der Waals surface area contributed by atoms with Gasteiger partial charge in [0.25, 0.3) is 0 Å². The first-order valence-electron chi connectivity index (χ1n) is 19.5. The summed E-state index contributed by atoms with van der Waals surface area (Å²) in [5, 5.41) is 29.8. The van der Waals surface area contributed by atoms with Crippen LogP contribution in [0.1, 0.15) is 48.6 Å². The van der Waals surface area contributed by atoms with Crippen LogP contribution in [0.25, 0.3) is 0 Å². The molecule has 5 aliphatic rings. The fraction of sp³-hybridized carbons (Fsp3) is 0.405. The van der Waals surface area contributed by atoms with Gasteiger partial charge in [0.2, 0.25) is 23.6 Å². The second-order valence-electron chi connectivity index (χ2n) is 14.6. The van der Waals surface area contributed by atoms with Crippen molar-refractivity contribution in [3.63, 3.8) is 0 Å². The molecule has 6 heterocycles. The summed E-state index contributed by atoms with van der Waals surface area (Å²) in [6.45, 7) is 3.11. The summed E-state index contributed by atoms with van der Waals surface area (Å²) in [4.78, 5) is 69.4. The molecule has 0 radical (unpaired) electrons. The van der Waals surface area contributed by atoms with Gasteiger partial charge in [-0.05, 0) is 67.8 Å². The zero-order chi connectivity index (χ0) is 41.0. The third-order valence-corrected chi connectivity index (χ3v) is 10.3. The van der Waals surface area contributed by atoms with Crippen molar-refractivity contribution in [2.75, 3.05) is 20.2 Å². The van der Waals surface area contributed by atoms with Crippen molar-refractivity contribution in [2.45, 2.75) is 88.8 Å². The molecule has 0 aliphatic carbocycles. The molecule has 5 atom stereocenters. The first kappa shape index (κ1) is 41.3. The minimum absolute atomic E-state index is 0.0154. The van der Waals surface area contributed by atoms with Crippen LogP contribution >= 0.6 is 0 Å². The number of carboxylic acids is 1. The van der Waals surface area contributed by atoms with E-state index in [0.717, 1.165) is 11.1 Å². The van der Waals surface area contributed by atoms with E-state index >= 15 is 0 Å². The summed E-state index contributed by atoms with van der Waals surface area (Å²) < 4.78 is 13.6. The molecular formula is C42H50N8O8. The lowest BCUT2D eigenvalue weighted by Gasteiger charge is -2.30. The van der Waals surface area contributed by atoms with Crippen LogP contribution < -0.4 is 30.7 Å². The minimum atomic E-state index is -1.30. The van der Waals surface area contributed by atoms with E-state index in [1.807, 2.05) is 42.5 Å². The molecule has 1 fully saturated rings. The highest BCUT2D eigenvalue weighted by Crippen LogP contribution is 2.22. The van der Waals surface area contributed by atoms with Crippen LogP contribution in [0.4, 0.5) is 0 Å². The number of aromatic nitrogens is 3. The molecule has 0 spiro atoms. The van der Waals surface area contributed by atoms with Crippen LogP contribution in [0.2, 0.25) is 0 Å². The highest BCUT2D eigenvalue weighted by Gasteiger charge is 2.39. The number of benzene rings is 3. The van der Waals surface area contributed by atoms with Gasteiger partial charge in [0.05, 0.1) is 18.8 Å². The number of rotatable bonds is 6. The van der Waals surface area contributed by atoms with E-state index in [9.17, 15) is 29.1 Å². The fourth-order valence-corrected chi connectivity index (χ4v) is 6.93. The molecule has 306 valence electrons. The number of hydrogen-bond donors (Lipinski definition) is 5. The number of aryl methyl sites for hydroxylation is 1.